The van der Waals surface area contributed by atoms with Gasteiger partial charge in [-0.1, -0.05) is 13.0 Å². The van der Waals surface area contributed by atoms with Crippen molar-refractivity contribution in [1.82, 2.24) is 4.98 Å². The van der Waals surface area contributed by atoms with E-state index in [2.05, 4.69) is 24.9 Å². The first-order valence-electron chi connectivity index (χ1n) is 6.56. The summed E-state index contributed by atoms with van der Waals surface area (Å²) in [5.41, 5.74) is 9.30. The second kappa shape index (κ2) is 5.85. The summed E-state index contributed by atoms with van der Waals surface area (Å²) in [5.74, 6) is 1.56. The minimum absolute atomic E-state index is 0.00401. The maximum Gasteiger partial charge on any atom is 0.145 e. The molecule has 0 amide bonds. The van der Waals surface area contributed by atoms with Crippen LogP contribution in [0.2, 0.25) is 0 Å². The van der Waals surface area contributed by atoms with E-state index in [9.17, 15) is 0 Å². The van der Waals surface area contributed by atoms with Gasteiger partial charge < -0.3 is 10.5 Å². The number of nitrogens with two attached hydrogens (primary N) is 1. The molecule has 0 aliphatic carbocycles. The van der Waals surface area contributed by atoms with Crippen LogP contribution in [0.4, 0.5) is 0 Å². The smallest absolute Gasteiger partial charge is 0.145 e. The lowest BCUT2D eigenvalue weighted by atomic mass is 10.1. The van der Waals surface area contributed by atoms with Gasteiger partial charge in [0.05, 0.1) is 11.9 Å². The van der Waals surface area contributed by atoms with Gasteiger partial charge in [0.2, 0.25) is 0 Å². The molecule has 0 spiro atoms. The van der Waals surface area contributed by atoms with Gasteiger partial charge in [0.25, 0.3) is 0 Å². The highest BCUT2D eigenvalue weighted by molar-refractivity contribution is 5.36. The summed E-state index contributed by atoms with van der Waals surface area (Å²) in [7, 11) is 0. The van der Waals surface area contributed by atoms with Crippen molar-refractivity contribution in [1.29, 1.82) is 0 Å². The van der Waals surface area contributed by atoms with Crippen molar-refractivity contribution in [2.24, 2.45) is 5.73 Å². The monoisotopic (exact) mass is 256 g/mol. The minimum Gasteiger partial charge on any atom is -0.456 e. The first-order valence-corrected chi connectivity index (χ1v) is 6.56. The number of aromatic nitrogens is 1. The van der Waals surface area contributed by atoms with Crippen LogP contribution in [-0.2, 0) is 0 Å². The van der Waals surface area contributed by atoms with Crippen LogP contribution in [0.1, 0.15) is 36.2 Å². The van der Waals surface area contributed by atoms with Crippen LogP contribution in [0.25, 0.3) is 0 Å². The van der Waals surface area contributed by atoms with Crippen molar-refractivity contribution in [2.45, 2.75) is 33.2 Å². The van der Waals surface area contributed by atoms with Gasteiger partial charge in [0, 0.05) is 6.04 Å². The summed E-state index contributed by atoms with van der Waals surface area (Å²) in [6.07, 6.45) is 2.60. The third-order valence-electron chi connectivity index (χ3n) is 3.29. The molecule has 0 bridgehead atoms. The Hall–Kier alpha value is -1.87. The molecule has 2 N–H and O–H groups in total. The fourth-order valence-electron chi connectivity index (χ4n) is 1.79. The van der Waals surface area contributed by atoms with Crippen LogP contribution in [0.5, 0.6) is 11.5 Å². The molecule has 2 aromatic rings. The number of benzene rings is 1. The Balaban J connectivity index is 2.12. The zero-order valence-corrected chi connectivity index (χ0v) is 11.7. The molecule has 0 unspecified atom stereocenters. The number of nitrogens with zero attached hydrogens (tertiary/aromatic N) is 1. The molecule has 19 heavy (non-hydrogen) atoms. The SMILES string of the molecule is CC[C@@H](N)c1ccc(Oc2ccc(C)c(C)c2)cn1. The van der Waals surface area contributed by atoms with E-state index in [1.54, 1.807) is 6.20 Å². The lowest BCUT2D eigenvalue weighted by Crippen LogP contribution is -2.10. The zero-order chi connectivity index (χ0) is 13.8. The molecule has 3 nitrogen and oxygen atoms in total. The Bertz CT molecular complexity index is 549. The maximum atomic E-state index is 5.93. The summed E-state index contributed by atoms with van der Waals surface area (Å²) in [6, 6.07) is 9.88. The molecule has 1 aromatic heterocycles. The van der Waals surface area contributed by atoms with E-state index in [0.717, 1.165) is 23.6 Å². The molecule has 0 saturated carbocycles. The molecule has 100 valence electrons. The minimum atomic E-state index is -0.00401. The topological polar surface area (TPSA) is 48.1 Å². The Morgan fingerprint density at radius 3 is 2.42 bits per heavy atom. The summed E-state index contributed by atoms with van der Waals surface area (Å²) in [4.78, 5) is 4.34. The molecule has 1 heterocycles. The van der Waals surface area contributed by atoms with E-state index in [4.69, 9.17) is 10.5 Å². The maximum absolute atomic E-state index is 5.93. The van der Waals surface area contributed by atoms with Crippen LogP contribution < -0.4 is 10.5 Å². The standard InChI is InChI=1S/C16H20N2O/c1-4-15(17)16-8-7-14(10-18-16)19-13-6-5-11(2)12(3)9-13/h5-10,15H,4,17H2,1-3H3/t15-/m1/s1. The molecule has 0 radical (unpaired) electrons. The molecule has 2 rings (SSSR count). The van der Waals surface area contributed by atoms with Gasteiger partial charge >= 0.3 is 0 Å². The third-order valence-corrected chi connectivity index (χ3v) is 3.29. The highest BCUT2D eigenvalue weighted by Crippen LogP contribution is 2.24. The number of aryl methyl sites for hydroxylation is 2. The molecule has 0 aliphatic heterocycles. The van der Waals surface area contributed by atoms with Crippen molar-refractivity contribution in [3.8, 4) is 11.5 Å². The largest absolute Gasteiger partial charge is 0.456 e. The molecule has 1 atom stereocenters. The fraction of sp³-hybridized carbons (Fsp3) is 0.312. The molecular weight excluding hydrogens is 236 g/mol. The van der Waals surface area contributed by atoms with Crippen molar-refractivity contribution >= 4 is 0 Å². The van der Waals surface area contributed by atoms with Crippen molar-refractivity contribution < 1.29 is 4.74 Å². The first kappa shape index (κ1) is 13.6. The van der Waals surface area contributed by atoms with E-state index in [1.807, 2.05) is 31.2 Å². The lowest BCUT2D eigenvalue weighted by molar-refractivity contribution is 0.478. The normalized spacial score (nSPS) is 12.2. The van der Waals surface area contributed by atoms with Crippen LogP contribution >= 0.6 is 0 Å². The van der Waals surface area contributed by atoms with E-state index in [-0.39, 0.29) is 6.04 Å². The van der Waals surface area contributed by atoms with E-state index in [0.29, 0.717) is 0 Å². The average Bonchev–Trinajstić information content (AvgIpc) is 2.43. The number of pyridine rings is 1. The molecule has 0 saturated heterocycles. The van der Waals surface area contributed by atoms with E-state index in [1.165, 1.54) is 11.1 Å². The van der Waals surface area contributed by atoms with Gasteiger partial charge in [-0.15, -0.1) is 0 Å². The number of hydrogen-bond acceptors (Lipinski definition) is 3. The highest BCUT2D eigenvalue weighted by Gasteiger charge is 2.05. The highest BCUT2D eigenvalue weighted by atomic mass is 16.5. The number of hydrogen-bond donors (Lipinski definition) is 1. The van der Waals surface area contributed by atoms with Crippen molar-refractivity contribution in [3.63, 3.8) is 0 Å². The van der Waals surface area contributed by atoms with Crippen LogP contribution in [0.3, 0.4) is 0 Å². The van der Waals surface area contributed by atoms with Crippen molar-refractivity contribution in [2.75, 3.05) is 0 Å². The van der Waals surface area contributed by atoms with Gasteiger partial charge in [-0.2, -0.15) is 0 Å². The van der Waals surface area contributed by atoms with Gasteiger partial charge in [0.15, 0.2) is 0 Å². The Morgan fingerprint density at radius 2 is 1.84 bits per heavy atom. The average molecular weight is 256 g/mol. The lowest BCUT2D eigenvalue weighted by Gasteiger charge is -2.10. The number of ether oxygens (including phenoxy) is 1. The third kappa shape index (κ3) is 3.32. The van der Waals surface area contributed by atoms with Crippen molar-refractivity contribution in [3.05, 3.63) is 53.3 Å². The van der Waals surface area contributed by atoms with E-state index >= 15 is 0 Å². The zero-order valence-electron chi connectivity index (χ0n) is 11.7. The van der Waals surface area contributed by atoms with Crippen LogP contribution in [-0.4, -0.2) is 4.98 Å². The first-order chi connectivity index (χ1) is 9.10. The van der Waals surface area contributed by atoms with E-state index < -0.39 is 0 Å². The molecule has 3 heteroatoms. The summed E-state index contributed by atoms with van der Waals surface area (Å²) in [6.45, 7) is 6.21. The molecule has 0 fully saturated rings. The second-order valence-electron chi connectivity index (χ2n) is 4.78. The Kier molecular flexibility index (Phi) is 4.17. The van der Waals surface area contributed by atoms with Gasteiger partial charge in [-0.25, -0.2) is 0 Å². The molecular formula is C16H20N2O. The quantitative estimate of drug-likeness (QED) is 0.902. The van der Waals surface area contributed by atoms with Gasteiger partial charge in [0.1, 0.15) is 11.5 Å². The Labute approximate surface area is 114 Å². The molecule has 1 aromatic carbocycles. The molecule has 0 aliphatic rings. The summed E-state index contributed by atoms with van der Waals surface area (Å²) < 4.78 is 5.78. The predicted octanol–water partition coefficient (Wildman–Crippen LogP) is 3.90. The van der Waals surface area contributed by atoms with Gasteiger partial charge in [-0.3, -0.25) is 4.98 Å². The van der Waals surface area contributed by atoms with Gasteiger partial charge in [-0.05, 0) is 55.7 Å². The van der Waals surface area contributed by atoms with Crippen LogP contribution in [0, 0.1) is 13.8 Å². The van der Waals surface area contributed by atoms with Crippen LogP contribution in [0.15, 0.2) is 36.5 Å². The summed E-state index contributed by atoms with van der Waals surface area (Å²) >= 11 is 0. The predicted molar refractivity (Wildman–Crippen MR) is 77.4 cm³/mol. The summed E-state index contributed by atoms with van der Waals surface area (Å²) in [5, 5.41) is 0. The second-order valence-corrected chi connectivity index (χ2v) is 4.78. The Morgan fingerprint density at radius 1 is 1.11 bits per heavy atom. The fourth-order valence-corrected chi connectivity index (χ4v) is 1.79. The number of rotatable bonds is 4.